The summed E-state index contributed by atoms with van der Waals surface area (Å²) in [6, 6.07) is 19.2. The third kappa shape index (κ3) is 2.27. The Morgan fingerprint density at radius 2 is 1.68 bits per heavy atom. The molecule has 0 radical (unpaired) electrons. The molecule has 1 atom stereocenters. The molecule has 2 aromatic rings. The zero-order valence-corrected chi connectivity index (χ0v) is 13.3. The van der Waals surface area contributed by atoms with Crippen molar-refractivity contribution in [2.24, 2.45) is 5.14 Å². The molecule has 2 aromatic carbocycles. The maximum absolute atomic E-state index is 6.66. The van der Waals surface area contributed by atoms with Crippen molar-refractivity contribution in [3.8, 4) is 0 Å². The molecule has 2 heterocycles. The average Bonchev–Trinajstić information content (AvgIpc) is 2.91. The van der Waals surface area contributed by atoms with Gasteiger partial charge in [-0.2, -0.15) is 0 Å². The van der Waals surface area contributed by atoms with Gasteiger partial charge in [0.1, 0.15) is 6.10 Å². The van der Waals surface area contributed by atoms with Crippen LogP contribution in [0.4, 0.5) is 0 Å². The lowest BCUT2D eigenvalue weighted by Crippen LogP contribution is -2.40. The van der Waals surface area contributed by atoms with E-state index in [0.29, 0.717) is 0 Å². The fourth-order valence-electron chi connectivity index (χ4n) is 3.71. The van der Waals surface area contributed by atoms with E-state index in [-0.39, 0.29) is 11.7 Å². The van der Waals surface area contributed by atoms with Gasteiger partial charge in [0.15, 0.2) is 0 Å². The lowest BCUT2D eigenvalue weighted by molar-refractivity contribution is -0.0876. The van der Waals surface area contributed by atoms with Crippen LogP contribution in [0.25, 0.3) is 0 Å². The van der Waals surface area contributed by atoms with Crippen LogP contribution in [0.15, 0.2) is 54.6 Å². The molecule has 4 rings (SSSR count). The first-order valence-corrected chi connectivity index (χ1v) is 8.60. The largest absolute Gasteiger partial charge is 0.358 e. The predicted octanol–water partition coefficient (Wildman–Crippen LogP) is 3.62. The van der Waals surface area contributed by atoms with E-state index in [1.54, 1.807) is 0 Å². The van der Waals surface area contributed by atoms with Crippen molar-refractivity contribution in [1.82, 2.24) is 4.31 Å². The van der Waals surface area contributed by atoms with E-state index in [1.165, 1.54) is 28.8 Å². The van der Waals surface area contributed by atoms with E-state index in [0.717, 1.165) is 25.9 Å². The van der Waals surface area contributed by atoms with Crippen molar-refractivity contribution in [3.05, 3.63) is 71.3 Å². The first-order valence-electron chi connectivity index (χ1n) is 7.76. The van der Waals surface area contributed by atoms with E-state index in [1.807, 2.05) is 0 Å². The quantitative estimate of drug-likeness (QED) is 0.860. The van der Waals surface area contributed by atoms with E-state index >= 15 is 0 Å². The number of hydrogen-bond acceptors (Lipinski definition) is 4. The standard InChI is InChI=1S/C18H20N2OS/c19-22-20-12-10-18(11-13-20)16-9-5-4-8-15(16)17(21-18)14-6-2-1-3-7-14/h1-9,17H,10-13,19H2. The van der Waals surface area contributed by atoms with E-state index in [9.17, 15) is 0 Å². The summed E-state index contributed by atoms with van der Waals surface area (Å²) in [5.74, 6) is 0. The molecule has 1 fully saturated rings. The van der Waals surface area contributed by atoms with Crippen LogP contribution in [-0.2, 0) is 10.3 Å². The molecule has 0 amide bonds. The van der Waals surface area contributed by atoms with Crippen molar-refractivity contribution in [2.75, 3.05) is 13.1 Å². The fourth-order valence-corrected chi connectivity index (χ4v) is 4.10. The molecule has 0 aromatic heterocycles. The van der Waals surface area contributed by atoms with Crippen LogP contribution in [0.3, 0.4) is 0 Å². The summed E-state index contributed by atoms with van der Waals surface area (Å²) >= 11 is 1.34. The van der Waals surface area contributed by atoms with Gasteiger partial charge in [0.2, 0.25) is 0 Å². The highest BCUT2D eigenvalue weighted by Crippen LogP contribution is 2.51. The minimum Gasteiger partial charge on any atom is -0.358 e. The molecule has 2 aliphatic rings. The number of nitrogens with two attached hydrogens (primary N) is 1. The molecule has 3 nitrogen and oxygen atoms in total. The Morgan fingerprint density at radius 3 is 2.41 bits per heavy atom. The zero-order valence-electron chi connectivity index (χ0n) is 12.4. The number of piperidine rings is 1. The summed E-state index contributed by atoms with van der Waals surface area (Å²) in [5.41, 5.74) is 3.78. The van der Waals surface area contributed by atoms with Crippen LogP contribution in [0.2, 0.25) is 0 Å². The molecule has 0 bridgehead atoms. The number of benzene rings is 2. The van der Waals surface area contributed by atoms with Crippen molar-refractivity contribution >= 4 is 12.1 Å². The van der Waals surface area contributed by atoms with E-state index < -0.39 is 0 Å². The Balaban J connectivity index is 1.72. The molecule has 2 aliphatic heterocycles. The van der Waals surface area contributed by atoms with Gasteiger partial charge in [-0.25, -0.2) is 4.31 Å². The fraction of sp³-hybridized carbons (Fsp3) is 0.333. The third-order valence-electron chi connectivity index (χ3n) is 4.86. The average molecular weight is 312 g/mol. The first-order chi connectivity index (χ1) is 10.8. The highest BCUT2D eigenvalue weighted by atomic mass is 32.2. The van der Waals surface area contributed by atoms with Gasteiger partial charge in [0, 0.05) is 25.2 Å². The van der Waals surface area contributed by atoms with Crippen molar-refractivity contribution in [3.63, 3.8) is 0 Å². The van der Waals surface area contributed by atoms with Gasteiger partial charge in [-0.3, -0.25) is 5.14 Å². The summed E-state index contributed by atoms with van der Waals surface area (Å²) in [4.78, 5) is 0. The minimum absolute atomic E-state index is 0.0504. The number of ether oxygens (including phenoxy) is 1. The van der Waals surface area contributed by atoms with E-state index in [2.05, 4.69) is 58.9 Å². The number of nitrogens with zero attached hydrogens (tertiary/aromatic N) is 1. The van der Waals surface area contributed by atoms with Crippen molar-refractivity contribution in [1.29, 1.82) is 0 Å². The van der Waals surface area contributed by atoms with E-state index in [4.69, 9.17) is 9.88 Å². The molecule has 1 saturated heterocycles. The number of fused-ring (bicyclic) bond motifs is 2. The Kier molecular flexibility index (Phi) is 3.70. The van der Waals surface area contributed by atoms with Crippen molar-refractivity contribution in [2.45, 2.75) is 24.5 Å². The van der Waals surface area contributed by atoms with Crippen LogP contribution in [0, 0.1) is 0 Å². The Bertz CT molecular complexity index is 653. The Morgan fingerprint density at radius 1 is 1.00 bits per heavy atom. The normalized spacial score (nSPS) is 23.6. The van der Waals surface area contributed by atoms with Gasteiger partial charge in [-0.15, -0.1) is 0 Å². The van der Waals surface area contributed by atoms with Crippen LogP contribution >= 0.6 is 12.1 Å². The summed E-state index contributed by atoms with van der Waals surface area (Å²) in [7, 11) is 0. The molecule has 114 valence electrons. The molecular formula is C18H20N2OS. The van der Waals surface area contributed by atoms with Gasteiger partial charge in [0.05, 0.1) is 5.60 Å². The van der Waals surface area contributed by atoms with Gasteiger partial charge < -0.3 is 4.74 Å². The molecule has 0 saturated carbocycles. The zero-order chi connectivity index (χ0) is 15.0. The highest BCUT2D eigenvalue weighted by molar-refractivity contribution is 7.94. The monoisotopic (exact) mass is 312 g/mol. The second-order valence-corrected chi connectivity index (χ2v) is 6.75. The van der Waals surface area contributed by atoms with Crippen LogP contribution < -0.4 is 5.14 Å². The summed E-state index contributed by atoms with van der Waals surface area (Å²) in [6.07, 6.45) is 2.05. The molecule has 4 heteroatoms. The van der Waals surface area contributed by atoms with Crippen LogP contribution in [0.1, 0.15) is 35.6 Å². The van der Waals surface area contributed by atoms with Gasteiger partial charge in [-0.1, -0.05) is 54.6 Å². The maximum atomic E-state index is 6.66. The summed E-state index contributed by atoms with van der Waals surface area (Å²) in [5, 5.41) is 5.71. The molecular weight excluding hydrogens is 292 g/mol. The maximum Gasteiger partial charge on any atom is 0.109 e. The van der Waals surface area contributed by atoms with Gasteiger partial charge in [-0.05, 0) is 29.5 Å². The number of hydrogen-bond donors (Lipinski definition) is 1. The molecule has 1 spiro atoms. The van der Waals surface area contributed by atoms with Crippen LogP contribution in [-0.4, -0.2) is 17.4 Å². The lowest BCUT2D eigenvalue weighted by atomic mass is 9.84. The van der Waals surface area contributed by atoms with Gasteiger partial charge >= 0.3 is 0 Å². The second kappa shape index (κ2) is 5.70. The van der Waals surface area contributed by atoms with Crippen LogP contribution in [0.5, 0.6) is 0 Å². The molecule has 2 N–H and O–H groups in total. The second-order valence-electron chi connectivity index (χ2n) is 6.02. The molecule has 1 unspecified atom stereocenters. The smallest absolute Gasteiger partial charge is 0.109 e. The first kappa shape index (κ1) is 14.3. The third-order valence-corrected chi connectivity index (χ3v) is 5.52. The summed E-state index contributed by atoms with van der Waals surface area (Å²) in [6.45, 7) is 1.94. The SMILES string of the molecule is NSN1CCC2(CC1)OC(c1ccccc1)c1ccccc12. The van der Waals surface area contributed by atoms with Gasteiger partial charge in [0.25, 0.3) is 0 Å². The lowest BCUT2D eigenvalue weighted by Gasteiger charge is -2.38. The molecule has 22 heavy (non-hydrogen) atoms. The summed E-state index contributed by atoms with van der Waals surface area (Å²) < 4.78 is 8.88. The Labute approximate surface area is 135 Å². The predicted molar refractivity (Wildman–Crippen MR) is 90.1 cm³/mol. The highest BCUT2D eigenvalue weighted by Gasteiger charge is 2.46. The van der Waals surface area contributed by atoms with Crippen molar-refractivity contribution < 1.29 is 4.74 Å². The Hall–Kier alpha value is -1.33. The number of rotatable bonds is 2. The topological polar surface area (TPSA) is 38.5 Å². The minimum atomic E-state index is -0.149. The molecule has 0 aliphatic carbocycles.